The summed E-state index contributed by atoms with van der Waals surface area (Å²) in [5.41, 5.74) is 2.12. The van der Waals surface area contributed by atoms with Gasteiger partial charge in [-0.25, -0.2) is 13.8 Å². The van der Waals surface area contributed by atoms with Gasteiger partial charge < -0.3 is 5.32 Å². The van der Waals surface area contributed by atoms with Crippen LogP contribution in [0.25, 0.3) is 16.9 Å². The van der Waals surface area contributed by atoms with Gasteiger partial charge in [0, 0.05) is 10.9 Å². The highest BCUT2D eigenvalue weighted by Gasteiger charge is 2.15. The SMILES string of the molecule is Cc1ccccc1-n1nnnc1SCC(=O)Nc1nc(-c2cc(F)ccc2F)cs1. The first-order valence-corrected chi connectivity index (χ1v) is 10.6. The zero-order chi connectivity index (χ0) is 21.1. The molecule has 0 saturated heterocycles. The van der Waals surface area contributed by atoms with Gasteiger partial charge in [0.1, 0.15) is 11.6 Å². The van der Waals surface area contributed by atoms with E-state index in [-0.39, 0.29) is 28.0 Å². The number of carbonyl (C=O) groups is 1. The van der Waals surface area contributed by atoms with Gasteiger partial charge in [0.15, 0.2) is 5.13 Å². The van der Waals surface area contributed by atoms with Gasteiger partial charge in [0.2, 0.25) is 11.1 Å². The molecule has 0 bridgehead atoms. The van der Waals surface area contributed by atoms with E-state index in [4.69, 9.17) is 0 Å². The molecule has 0 aliphatic heterocycles. The fourth-order valence-corrected chi connectivity index (χ4v) is 4.07. The smallest absolute Gasteiger partial charge is 0.236 e. The Morgan fingerprint density at radius 1 is 1.23 bits per heavy atom. The molecule has 11 heteroatoms. The molecule has 7 nitrogen and oxygen atoms in total. The third-order valence-corrected chi connectivity index (χ3v) is 5.75. The van der Waals surface area contributed by atoms with Crippen LogP contribution in [0.5, 0.6) is 0 Å². The summed E-state index contributed by atoms with van der Waals surface area (Å²) in [5.74, 6) is -1.42. The van der Waals surface area contributed by atoms with E-state index in [1.807, 2.05) is 31.2 Å². The van der Waals surface area contributed by atoms with Crippen LogP contribution in [0.1, 0.15) is 5.56 Å². The number of anilines is 1. The van der Waals surface area contributed by atoms with Gasteiger partial charge in [-0.15, -0.1) is 16.4 Å². The number of nitrogens with zero attached hydrogens (tertiary/aromatic N) is 5. The molecule has 152 valence electrons. The molecule has 0 aliphatic carbocycles. The number of thioether (sulfide) groups is 1. The molecule has 0 aliphatic rings. The Bertz CT molecular complexity index is 1210. The monoisotopic (exact) mass is 444 g/mol. The minimum Gasteiger partial charge on any atom is -0.301 e. The van der Waals surface area contributed by atoms with Crippen molar-refractivity contribution in [3.05, 3.63) is 65.0 Å². The molecule has 4 aromatic rings. The minimum atomic E-state index is -0.585. The fourth-order valence-electron chi connectivity index (χ4n) is 2.66. The molecule has 0 atom stereocenters. The number of hydrogen-bond acceptors (Lipinski definition) is 7. The number of benzene rings is 2. The van der Waals surface area contributed by atoms with Gasteiger partial charge >= 0.3 is 0 Å². The maximum Gasteiger partial charge on any atom is 0.236 e. The highest BCUT2D eigenvalue weighted by molar-refractivity contribution is 7.99. The number of hydrogen-bond donors (Lipinski definition) is 1. The van der Waals surface area contributed by atoms with Crippen LogP contribution >= 0.6 is 23.1 Å². The second-order valence-corrected chi connectivity index (χ2v) is 7.96. The third-order valence-electron chi connectivity index (χ3n) is 4.07. The maximum absolute atomic E-state index is 13.9. The predicted octanol–water partition coefficient (Wildman–Crippen LogP) is 4.10. The predicted molar refractivity (Wildman–Crippen MR) is 111 cm³/mol. The molecule has 0 radical (unpaired) electrons. The summed E-state index contributed by atoms with van der Waals surface area (Å²) < 4.78 is 28.9. The minimum absolute atomic E-state index is 0.0403. The number of rotatable bonds is 6. The van der Waals surface area contributed by atoms with Crippen LogP contribution in [0, 0.1) is 18.6 Å². The van der Waals surface area contributed by atoms with Gasteiger partial charge in [-0.05, 0) is 47.2 Å². The number of halogens is 2. The molecular weight excluding hydrogens is 430 g/mol. The van der Waals surface area contributed by atoms with Crippen LogP contribution in [-0.4, -0.2) is 36.9 Å². The Morgan fingerprint density at radius 3 is 2.90 bits per heavy atom. The van der Waals surface area contributed by atoms with Crippen molar-refractivity contribution in [3.8, 4) is 16.9 Å². The number of amides is 1. The summed E-state index contributed by atoms with van der Waals surface area (Å²) in [6.45, 7) is 1.94. The first kappa shape index (κ1) is 20.1. The number of nitrogens with one attached hydrogen (secondary N) is 1. The molecule has 30 heavy (non-hydrogen) atoms. The quantitative estimate of drug-likeness (QED) is 0.451. The van der Waals surface area contributed by atoms with Crippen LogP contribution in [0.2, 0.25) is 0 Å². The lowest BCUT2D eigenvalue weighted by atomic mass is 10.1. The second-order valence-electron chi connectivity index (χ2n) is 6.16. The lowest BCUT2D eigenvalue weighted by Crippen LogP contribution is -2.14. The Labute approximate surface area is 178 Å². The Morgan fingerprint density at radius 2 is 2.07 bits per heavy atom. The molecule has 4 rings (SSSR count). The largest absolute Gasteiger partial charge is 0.301 e. The number of carbonyl (C=O) groups excluding carboxylic acids is 1. The van der Waals surface area contributed by atoms with Gasteiger partial charge in [0.25, 0.3) is 0 Å². The second kappa shape index (κ2) is 8.67. The molecule has 0 unspecified atom stereocenters. The molecule has 0 spiro atoms. The zero-order valence-corrected chi connectivity index (χ0v) is 17.2. The Kier molecular flexibility index (Phi) is 5.81. The van der Waals surface area contributed by atoms with Crippen LogP contribution in [-0.2, 0) is 4.79 Å². The summed E-state index contributed by atoms with van der Waals surface area (Å²) >= 11 is 2.30. The van der Waals surface area contributed by atoms with Crippen LogP contribution < -0.4 is 5.32 Å². The summed E-state index contributed by atoms with van der Waals surface area (Å²) in [6, 6.07) is 10.8. The molecule has 1 amide bonds. The number of thiazole rings is 1. The van der Waals surface area contributed by atoms with Crippen molar-refractivity contribution in [1.82, 2.24) is 25.2 Å². The van der Waals surface area contributed by atoms with E-state index < -0.39 is 11.6 Å². The van der Waals surface area contributed by atoms with Crippen molar-refractivity contribution in [2.24, 2.45) is 0 Å². The highest BCUT2D eigenvalue weighted by Crippen LogP contribution is 2.28. The van der Waals surface area contributed by atoms with Crippen molar-refractivity contribution in [1.29, 1.82) is 0 Å². The van der Waals surface area contributed by atoms with E-state index in [0.29, 0.717) is 5.16 Å². The van der Waals surface area contributed by atoms with Gasteiger partial charge in [-0.1, -0.05) is 30.0 Å². The van der Waals surface area contributed by atoms with Crippen molar-refractivity contribution in [2.45, 2.75) is 12.1 Å². The van der Waals surface area contributed by atoms with E-state index in [1.54, 1.807) is 10.1 Å². The standard InChI is InChI=1S/C19H14F2N6OS2/c1-11-4-2-3-5-16(11)27-19(24-25-26-27)30-10-17(28)23-18-22-15(9-29-18)13-8-12(20)6-7-14(13)21/h2-9H,10H2,1H3,(H,22,23,28). The van der Waals surface area contributed by atoms with Crippen molar-refractivity contribution in [2.75, 3.05) is 11.1 Å². The first-order chi connectivity index (χ1) is 14.5. The van der Waals surface area contributed by atoms with Crippen molar-refractivity contribution in [3.63, 3.8) is 0 Å². The molecule has 0 fully saturated rings. The Balaban J connectivity index is 1.41. The van der Waals surface area contributed by atoms with E-state index in [2.05, 4.69) is 25.8 Å². The van der Waals surface area contributed by atoms with Crippen LogP contribution in [0.3, 0.4) is 0 Å². The number of aromatic nitrogens is 5. The summed E-state index contributed by atoms with van der Waals surface area (Å²) in [5, 5.41) is 16.6. The maximum atomic E-state index is 13.9. The van der Waals surface area contributed by atoms with E-state index in [1.165, 1.54) is 11.8 Å². The molecule has 0 saturated carbocycles. The number of para-hydroxylation sites is 1. The highest BCUT2D eigenvalue weighted by atomic mass is 32.2. The topological polar surface area (TPSA) is 85.6 Å². The van der Waals surface area contributed by atoms with E-state index in [0.717, 1.165) is 40.8 Å². The van der Waals surface area contributed by atoms with Gasteiger partial charge in [-0.3, -0.25) is 4.79 Å². The van der Waals surface area contributed by atoms with Crippen molar-refractivity contribution >= 4 is 34.1 Å². The lowest BCUT2D eigenvalue weighted by Gasteiger charge is -2.06. The first-order valence-electron chi connectivity index (χ1n) is 8.69. The summed E-state index contributed by atoms with van der Waals surface area (Å²) in [6.07, 6.45) is 0. The molecule has 2 aromatic heterocycles. The van der Waals surface area contributed by atoms with E-state index in [9.17, 15) is 13.6 Å². The van der Waals surface area contributed by atoms with Crippen molar-refractivity contribution < 1.29 is 13.6 Å². The van der Waals surface area contributed by atoms with Gasteiger partial charge in [-0.2, -0.15) is 4.68 Å². The Hall–Kier alpha value is -3.18. The lowest BCUT2D eigenvalue weighted by molar-refractivity contribution is -0.113. The molecular formula is C19H14F2N6OS2. The summed E-state index contributed by atoms with van der Waals surface area (Å²) in [4.78, 5) is 16.5. The molecule has 1 N–H and O–H groups in total. The zero-order valence-electron chi connectivity index (χ0n) is 15.5. The molecule has 2 heterocycles. The van der Waals surface area contributed by atoms with Crippen LogP contribution in [0.15, 0.2) is 53.0 Å². The number of aryl methyl sites for hydroxylation is 1. The normalized spacial score (nSPS) is 10.9. The summed E-state index contributed by atoms with van der Waals surface area (Å²) in [7, 11) is 0. The van der Waals surface area contributed by atoms with E-state index >= 15 is 0 Å². The third kappa shape index (κ3) is 4.36. The number of tetrazole rings is 1. The van der Waals surface area contributed by atoms with Crippen LogP contribution in [0.4, 0.5) is 13.9 Å². The average molecular weight is 444 g/mol. The fraction of sp³-hybridized carbons (Fsp3) is 0.105. The average Bonchev–Trinajstić information content (AvgIpc) is 3.38. The molecule has 2 aromatic carbocycles. The van der Waals surface area contributed by atoms with Gasteiger partial charge in [0.05, 0.1) is 17.1 Å².